The normalized spacial score (nSPS) is 11.4. The van der Waals surface area contributed by atoms with E-state index in [1.54, 1.807) is 17.8 Å². The van der Waals surface area contributed by atoms with Gasteiger partial charge in [-0.05, 0) is 71.3 Å². The lowest BCUT2D eigenvalue weighted by Gasteiger charge is -2.08. The summed E-state index contributed by atoms with van der Waals surface area (Å²) in [6.07, 6.45) is 3.04. The summed E-state index contributed by atoms with van der Waals surface area (Å²) < 4.78 is 8.76. The molecule has 0 aliphatic heterocycles. The highest BCUT2D eigenvalue weighted by Crippen LogP contribution is 2.28. The first-order chi connectivity index (χ1) is 14.0. The molecule has 4 nitrogen and oxygen atoms in total. The van der Waals surface area contributed by atoms with Crippen molar-refractivity contribution >= 4 is 45.3 Å². The van der Waals surface area contributed by atoms with Crippen molar-refractivity contribution in [2.24, 2.45) is 5.92 Å². The van der Waals surface area contributed by atoms with E-state index in [1.165, 1.54) is 3.57 Å². The molecule has 4 rings (SSSR count). The van der Waals surface area contributed by atoms with Gasteiger partial charge in [-0.15, -0.1) is 0 Å². The van der Waals surface area contributed by atoms with Crippen molar-refractivity contribution < 1.29 is 4.42 Å². The second-order valence-corrected chi connectivity index (χ2v) is 9.58. The SMILES string of the molecule is CC(C)CCSc1nc(-c2cc3ccccc3oc2=O)cn1-c1ccc(I)cc1. The quantitative estimate of drug-likeness (QED) is 0.169. The summed E-state index contributed by atoms with van der Waals surface area (Å²) in [6.45, 7) is 4.44. The van der Waals surface area contributed by atoms with Crippen LogP contribution in [0.2, 0.25) is 0 Å². The third-order valence-corrected chi connectivity index (χ3v) is 6.33. The van der Waals surface area contributed by atoms with Gasteiger partial charge in [0.15, 0.2) is 5.16 Å². The van der Waals surface area contributed by atoms with Crippen molar-refractivity contribution in [3.8, 4) is 16.9 Å². The molecule has 0 unspecified atom stereocenters. The molecule has 148 valence electrons. The number of fused-ring (bicyclic) bond motifs is 1. The lowest BCUT2D eigenvalue weighted by molar-refractivity contribution is 0.563. The molecule has 6 heteroatoms. The predicted octanol–water partition coefficient (Wildman–Crippen LogP) is 6.39. The molecule has 2 aromatic carbocycles. The van der Waals surface area contributed by atoms with Gasteiger partial charge in [0.25, 0.3) is 0 Å². The van der Waals surface area contributed by atoms with Crippen molar-refractivity contribution in [1.29, 1.82) is 0 Å². The van der Waals surface area contributed by atoms with Crippen LogP contribution in [0.4, 0.5) is 0 Å². The number of benzene rings is 2. The molecule has 0 fully saturated rings. The number of imidazole rings is 1. The van der Waals surface area contributed by atoms with Crippen LogP contribution in [0.15, 0.2) is 75.2 Å². The van der Waals surface area contributed by atoms with Gasteiger partial charge in [-0.25, -0.2) is 9.78 Å². The van der Waals surface area contributed by atoms with Crippen LogP contribution in [-0.4, -0.2) is 15.3 Å². The lowest BCUT2D eigenvalue weighted by atomic mass is 10.1. The molecule has 0 aliphatic rings. The highest BCUT2D eigenvalue weighted by Gasteiger charge is 2.16. The third kappa shape index (κ3) is 4.59. The van der Waals surface area contributed by atoms with E-state index < -0.39 is 0 Å². The molecule has 0 saturated carbocycles. The van der Waals surface area contributed by atoms with E-state index in [0.717, 1.165) is 28.4 Å². The molecule has 0 bridgehead atoms. The maximum absolute atomic E-state index is 12.6. The average molecular weight is 516 g/mol. The Bertz CT molecular complexity index is 1200. The largest absolute Gasteiger partial charge is 0.422 e. The lowest BCUT2D eigenvalue weighted by Crippen LogP contribution is -2.02. The highest BCUT2D eigenvalue weighted by atomic mass is 127. The Labute approximate surface area is 187 Å². The minimum Gasteiger partial charge on any atom is -0.422 e. The summed E-state index contributed by atoms with van der Waals surface area (Å²) in [5.74, 6) is 1.61. The van der Waals surface area contributed by atoms with Crippen LogP contribution in [0.5, 0.6) is 0 Å². The Kier molecular flexibility index (Phi) is 6.10. The molecule has 0 atom stereocenters. The number of nitrogens with zero attached hydrogens (tertiary/aromatic N) is 2. The summed E-state index contributed by atoms with van der Waals surface area (Å²) in [5.41, 5.74) is 2.37. The molecule has 2 aromatic heterocycles. The minimum absolute atomic E-state index is 0.366. The topological polar surface area (TPSA) is 48.0 Å². The molecule has 0 amide bonds. The zero-order valence-electron chi connectivity index (χ0n) is 16.3. The molecular weight excluding hydrogens is 495 g/mol. The standard InChI is InChI=1S/C23H21IN2O2S/c1-15(2)11-12-29-23-25-20(14-26(23)18-9-7-17(24)8-10-18)19-13-16-5-3-4-6-21(16)28-22(19)27/h3-10,13-15H,11-12H2,1-2H3. The second kappa shape index (κ2) is 8.75. The monoisotopic (exact) mass is 516 g/mol. The maximum Gasteiger partial charge on any atom is 0.345 e. The van der Waals surface area contributed by atoms with Gasteiger partial charge >= 0.3 is 5.63 Å². The molecule has 0 radical (unpaired) electrons. The molecule has 0 aliphatic carbocycles. The summed E-state index contributed by atoms with van der Waals surface area (Å²) in [7, 11) is 0. The average Bonchev–Trinajstić information content (AvgIpc) is 3.11. The first-order valence-corrected chi connectivity index (χ1v) is 11.6. The minimum atomic E-state index is -0.366. The van der Waals surface area contributed by atoms with Crippen LogP contribution < -0.4 is 5.63 Å². The zero-order chi connectivity index (χ0) is 20.4. The van der Waals surface area contributed by atoms with Crippen LogP contribution in [-0.2, 0) is 0 Å². The van der Waals surface area contributed by atoms with E-state index >= 15 is 0 Å². The zero-order valence-corrected chi connectivity index (χ0v) is 19.2. The van der Waals surface area contributed by atoms with Gasteiger partial charge in [0.1, 0.15) is 5.58 Å². The third-order valence-electron chi connectivity index (χ3n) is 4.62. The number of thioether (sulfide) groups is 1. The first-order valence-electron chi connectivity index (χ1n) is 9.52. The van der Waals surface area contributed by atoms with E-state index in [4.69, 9.17) is 9.40 Å². The summed E-state index contributed by atoms with van der Waals surface area (Å²) in [4.78, 5) is 17.4. The highest BCUT2D eigenvalue weighted by molar-refractivity contribution is 14.1. The predicted molar refractivity (Wildman–Crippen MR) is 128 cm³/mol. The fraction of sp³-hybridized carbons (Fsp3) is 0.217. The Morgan fingerprint density at radius 3 is 2.66 bits per heavy atom. The van der Waals surface area contributed by atoms with Gasteiger partial charge in [-0.1, -0.05) is 43.8 Å². The Morgan fingerprint density at radius 1 is 1.14 bits per heavy atom. The van der Waals surface area contributed by atoms with E-state index in [2.05, 4.69) is 65.3 Å². The molecule has 29 heavy (non-hydrogen) atoms. The molecule has 0 N–H and O–H groups in total. The second-order valence-electron chi connectivity index (χ2n) is 7.27. The van der Waals surface area contributed by atoms with E-state index in [9.17, 15) is 4.79 Å². The van der Waals surface area contributed by atoms with E-state index in [-0.39, 0.29) is 5.63 Å². The van der Waals surface area contributed by atoms with Gasteiger partial charge < -0.3 is 4.42 Å². The van der Waals surface area contributed by atoms with Crippen molar-refractivity contribution in [2.75, 3.05) is 5.75 Å². The van der Waals surface area contributed by atoms with E-state index in [1.807, 2.05) is 30.5 Å². The van der Waals surface area contributed by atoms with Crippen molar-refractivity contribution in [2.45, 2.75) is 25.4 Å². The Balaban J connectivity index is 1.79. The fourth-order valence-electron chi connectivity index (χ4n) is 3.01. The smallest absolute Gasteiger partial charge is 0.345 e. The van der Waals surface area contributed by atoms with Crippen LogP contribution >= 0.6 is 34.4 Å². The molecule has 0 saturated heterocycles. The van der Waals surface area contributed by atoms with Gasteiger partial charge in [0.05, 0.1) is 11.3 Å². The Hall–Kier alpha value is -2.06. The molecular formula is C23H21IN2O2S. The van der Waals surface area contributed by atoms with Crippen molar-refractivity contribution in [1.82, 2.24) is 9.55 Å². The number of hydrogen-bond donors (Lipinski definition) is 0. The number of aromatic nitrogens is 2. The molecule has 0 spiro atoms. The van der Waals surface area contributed by atoms with Gasteiger partial charge in [-0.3, -0.25) is 4.57 Å². The van der Waals surface area contributed by atoms with Crippen molar-refractivity contribution in [3.05, 3.63) is 74.8 Å². The van der Waals surface area contributed by atoms with Crippen LogP contribution in [0.1, 0.15) is 20.3 Å². The van der Waals surface area contributed by atoms with Gasteiger partial charge in [-0.2, -0.15) is 0 Å². The number of hydrogen-bond acceptors (Lipinski definition) is 4. The van der Waals surface area contributed by atoms with Crippen molar-refractivity contribution in [3.63, 3.8) is 0 Å². The molecule has 2 heterocycles. The van der Waals surface area contributed by atoms with E-state index in [0.29, 0.717) is 22.8 Å². The van der Waals surface area contributed by atoms with Crippen LogP contribution in [0.25, 0.3) is 27.9 Å². The summed E-state index contributed by atoms with van der Waals surface area (Å²) in [6, 6.07) is 17.7. The maximum atomic E-state index is 12.6. The number of halogens is 1. The number of rotatable bonds is 6. The summed E-state index contributed by atoms with van der Waals surface area (Å²) >= 11 is 4.01. The van der Waals surface area contributed by atoms with Crippen LogP contribution in [0, 0.1) is 9.49 Å². The first kappa shape index (κ1) is 20.2. The number of para-hydroxylation sites is 1. The van der Waals surface area contributed by atoms with Gasteiger partial charge in [0, 0.05) is 26.6 Å². The molecule has 4 aromatic rings. The summed E-state index contributed by atoms with van der Waals surface area (Å²) in [5, 5.41) is 1.77. The van der Waals surface area contributed by atoms with Gasteiger partial charge in [0.2, 0.25) is 0 Å². The Morgan fingerprint density at radius 2 is 1.90 bits per heavy atom. The van der Waals surface area contributed by atoms with Crippen LogP contribution in [0.3, 0.4) is 0 Å². The fourth-order valence-corrected chi connectivity index (χ4v) is 4.60.